The Morgan fingerprint density at radius 3 is 3.06 bits per heavy atom. The molecule has 0 N–H and O–H groups in total. The van der Waals surface area contributed by atoms with Gasteiger partial charge in [0.2, 0.25) is 0 Å². The molecule has 1 aliphatic rings. The summed E-state index contributed by atoms with van der Waals surface area (Å²) >= 11 is 0. The fourth-order valence-corrected chi connectivity index (χ4v) is 1.76. The van der Waals surface area contributed by atoms with E-state index in [4.69, 9.17) is 9.47 Å². The van der Waals surface area contributed by atoms with E-state index >= 15 is 0 Å². The average molecular weight is 238 g/mol. The molecule has 0 aliphatic carbocycles. The first-order chi connectivity index (χ1) is 8.13. The van der Waals surface area contributed by atoms with E-state index in [0.717, 1.165) is 6.07 Å². The molecule has 0 amide bonds. The Balaban J connectivity index is 2.40. The standard InChI is InChI=1S/C12H11FO4/c1-2-16-12(15)11-8-4-3-7(13)5-10(8)17-6-9(11)14/h3-5,11H,2,6H2,1H3. The number of fused-ring (bicyclic) bond motifs is 1. The molecule has 0 bridgehead atoms. The summed E-state index contributed by atoms with van der Waals surface area (Å²) in [5.41, 5.74) is 0.362. The van der Waals surface area contributed by atoms with Gasteiger partial charge in [0, 0.05) is 11.6 Å². The lowest BCUT2D eigenvalue weighted by Crippen LogP contribution is -2.32. The van der Waals surface area contributed by atoms with Gasteiger partial charge in [-0.25, -0.2) is 4.39 Å². The van der Waals surface area contributed by atoms with Crippen molar-refractivity contribution < 1.29 is 23.5 Å². The lowest BCUT2D eigenvalue weighted by atomic mass is 9.92. The van der Waals surface area contributed by atoms with Crippen LogP contribution in [0.3, 0.4) is 0 Å². The molecule has 0 saturated carbocycles. The van der Waals surface area contributed by atoms with Crippen molar-refractivity contribution in [2.24, 2.45) is 0 Å². The number of carbonyl (C=O) groups excluding carboxylic acids is 2. The zero-order valence-corrected chi connectivity index (χ0v) is 9.23. The molecule has 1 atom stereocenters. The van der Waals surface area contributed by atoms with E-state index in [2.05, 4.69) is 0 Å². The first kappa shape index (κ1) is 11.6. The predicted octanol–water partition coefficient (Wildman–Crippen LogP) is 1.43. The highest BCUT2D eigenvalue weighted by atomic mass is 19.1. The smallest absolute Gasteiger partial charge is 0.321 e. The van der Waals surface area contributed by atoms with Gasteiger partial charge in [-0.3, -0.25) is 9.59 Å². The summed E-state index contributed by atoms with van der Waals surface area (Å²) in [6.07, 6.45) is 0. The monoisotopic (exact) mass is 238 g/mol. The van der Waals surface area contributed by atoms with Crippen LogP contribution in [0.4, 0.5) is 4.39 Å². The van der Waals surface area contributed by atoms with E-state index in [1.54, 1.807) is 6.92 Å². The molecule has 0 saturated heterocycles. The third-order valence-corrected chi connectivity index (χ3v) is 2.50. The normalized spacial score (nSPS) is 18.2. The van der Waals surface area contributed by atoms with Gasteiger partial charge < -0.3 is 9.47 Å². The Morgan fingerprint density at radius 1 is 1.59 bits per heavy atom. The van der Waals surface area contributed by atoms with Crippen molar-refractivity contribution >= 4 is 11.8 Å². The van der Waals surface area contributed by atoms with Gasteiger partial charge in [0.15, 0.2) is 5.78 Å². The van der Waals surface area contributed by atoms with Crippen LogP contribution >= 0.6 is 0 Å². The van der Waals surface area contributed by atoms with E-state index in [0.29, 0.717) is 5.56 Å². The van der Waals surface area contributed by atoms with Crippen LogP contribution in [-0.2, 0) is 14.3 Å². The molecule has 0 aromatic heterocycles. The minimum Gasteiger partial charge on any atom is -0.485 e. The fourth-order valence-electron chi connectivity index (χ4n) is 1.76. The Morgan fingerprint density at radius 2 is 2.35 bits per heavy atom. The summed E-state index contributed by atoms with van der Waals surface area (Å²) in [6, 6.07) is 3.73. The lowest BCUT2D eigenvalue weighted by Gasteiger charge is -2.23. The van der Waals surface area contributed by atoms with Crippen molar-refractivity contribution in [3.63, 3.8) is 0 Å². The van der Waals surface area contributed by atoms with E-state index < -0.39 is 17.7 Å². The van der Waals surface area contributed by atoms with Gasteiger partial charge in [-0.15, -0.1) is 0 Å². The topological polar surface area (TPSA) is 52.6 Å². The zero-order chi connectivity index (χ0) is 12.4. The predicted molar refractivity (Wildman–Crippen MR) is 56.3 cm³/mol. The number of hydrogen-bond acceptors (Lipinski definition) is 4. The minimum atomic E-state index is -1.00. The van der Waals surface area contributed by atoms with Crippen LogP contribution in [0.1, 0.15) is 18.4 Å². The molecule has 1 unspecified atom stereocenters. The minimum absolute atomic E-state index is 0.194. The summed E-state index contributed by atoms with van der Waals surface area (Å²) in [6.45, 7) is 1.62. The van der Waals surface area contributed by atoms with Crippen molar-refractivity contribution in [3.05, 3.63) is 29.6 Å². The van der Waals surface area contributed by atoms with Crippen molar-refractivity contribution in [2.75, 3.05) is 13.2 Å². The Hall–Kier alpha value is -1.91. The summed E-state index contributed by atoms with van der Waals surface area (Å²) in [7, 11) is 0. The molecule has 0 spiro atoms. The van der Waals surface area contributed by atoms with Gasteiger partial charge in [-0.1, -0.05) is 6.07 Å². The zero-order valence-electron chi connectivity index (χ0n) is 9.23. The Kier molecular flexibility index (Phi) is 3.08. The molecule has 1 aromatic carbocycles. The SMILES string of the molecule is CCOC(=O)C1C(=O)COc2cc(F)ccc21. The molecular formula is C12H11FO4. The van der Waals surface area contributed by atoms with Gasteiger partial charge in [0.25, 0.3) is 0 Å². The van der Waals surface area contributed by atoms with E-state index in [9.17, 15) is 14.0 Å². The van der Waals surface area contributed by atoms with Crippen molar-refractivity contribution in [1.29, 1.82) is 0 Å². The first-order valence-corrected chi connectivity index (χ1v) is 5.25. The van der Waals surface area contributed by atoms with Crippen molar-refractivity contribution in [3.8, 4) is 5.75 Å². The maximum Gasteiger partial charge on any atom is 0.321 e. The number of ketones is 1. The molecule has 2 rings (SSSR count). The molecule has 90 valence electrons. The maximum absolute atomic E-state index is 13.0. The van der Waals surface area contributed by atoms with E-state index in [-0.39, 0.29) is 24.7 Å². The van der Waals surface area contributed by atoms with Gasteiger partial charge in [0.1, 0.15) is 24.1 Å². The first-order valence-electron chi connectivity index (χ1n) is 5.25. The largest absolute Gasteiger partial charge is 0.485 e. The molecule has 1 heterocycles. The molecule has 1 aromatic rings. The average Bonchev–Trinajstić information content (AvgIpc) is 2.29. The highest BCUT2D eigenvalue weighted by Crippen LogP contribution is 2.33. The molecule has 5 heteroatoms. The summed E-state index contributed by atoms with van der Waals surface area (Å²) in [4.78, 5) is 23.3. The number of halogens is 1. The maximum atomic E-state index is 13.0. The van der Waals surface area contributed by atoms with Crippen LogP contribution in [0.5, 0.6) is 5.75 Å². The number of Topliss-reactive ketones (excluding diaryl/α,β-unsaturated/α-hetero) is 1. The summed E-state index contributed by atoms with van der Waals surface area (Å²) in [5, 5.41) is 0. The van der Waals surface area contributed by atoms with E-state index in [1.807, 2.05) is 0 Å². The second-order valence-electron chi connectivity index (χ2n) is 3.62. The number of rotatable bonds is 2. The number of hydrogen-bond donors (Lipinski definition) is 0. The number of ether oxygens (including phenoxy) is 2. The molecule has 17 heavy (non-hydrogen) atoms. The quantitative estimate of drug-likeness (QED) is 0.577. The van der Waals surface area contributed by atoms with Crippen LogP contribution in [0, 0.1) is 5.82 Å². The molecular weight excluding hydrogens is 227 g/mol. The highest BCUT2D eigenvalue weighted by molar-refractivity contribution is 6.06. The van der Waals surface area contributed by atoms with Crippen LogP contribution < -0.4 is 4.74 Å². The third kappa shape index (κ3) is 2.13. The molecule has 4 nitrogen and oxygen atoms in total. The second kappa shape index (κ2) is 4.53. The third-order valence-electron chi connectivity index (χ3n) is 2.50. The van der Waals surface area contributed by atoms with Gasteiger partial charge >= 0.3 is 5.97 Å². The number of benzene rings is 1. The summed E-state index contributed by atoms with van der Waals surface area (Å²) < 4.78 is 22.9. The van der Waals surface area contributed by atoms with Crippen molar-refractivity contribution in [2.45, 2.75) is 12.8 Å². The molecule has 1 aliphatic heterocycles. The lowest BCUT2D eigenvalue weighted by molar-refractivity contribution is -0.149. The fraction of sp³-hybridized carbons (Fsp3) is 0.333. The Bertz CT molecular complexity index is 470. The number of esters is 1. The van der Waals surface area contributed by atoms with Gasteiger partial charge in [-0.2, -0.15) is 0 Å². The molecule has 0 radical (unpaired) electrons. The van der Waals surface area contributed by atoms with Crippen LogP contribution in [0.15, 0.2) is 18.2 Å². The van der Waals surface area contributed by atoms with Crippen LogP contribution in [0.2, 0.25) is 0 Å². The van der Waals surface area contributed by atoms with Gasteiger partial charge in [-0.05, 0) is 13.0 Å². The Labute approximate surface area is 97.3 Å². The van der Waals surface area contributed by atoms with Crippen LogP contribution in [-0.4, -0.2) is 25.0 Å². The van der Waals surface area contributed by atoms with Crippen molar-refractivity contribution in [1.82, 2.24) is 0 Å². The van der Waals surface area contributed by atoms with Gasteiger partial charge in [0.05, 0.1) is 6.61 Å². The summed E-state index contributed by atoms with van der Waals surface area (Å²) in [5.74, 6) is -2.24. The van der Waals surface area contributed by atoms with Crippen LogP contribution in [0.25, 0.3) is 0 Å². The van der Waals surface area contributed by atoms with E-state index in [1.165, 1.54) is 12.1 Å². The number of carbonyl (C=O) groups is 2. The second-order valence-corrected chi connectivity index (χ2v) is 3.62. The highest BCUT2D eigenvalue weighted by Gasteiger charge is 2.36. The molecule has 0 fully saturated rings.